The van der Waals surface area contributed by atoms with Crippen molar-refractivity contribution in [3.05, 3.63) is 77.9 Å². The summed E-state index contributed by atoms with van der Waals surface area (Å²) in [4.78, 5) is 20.9. The third kappa shape index (κ3) is 4.01. The highest BCUT2D eigenvalue weighted by atomic mass is 19.1. The second kappa shape index (κ2) is 7.83. The normalized spacial score (nSPS) is 11.0. The molecular weight excluding hydrogens is 367 g/mol. The molecule has 0 aliphatic heterocycles. The summed E-state index contributed by atoms with van der Waals surface area (Å²) in [6.45, 7) is 1.95. The maximum atomic E-state index is 13.5. The van der Waals surface area contributed by atoms with E-state index in [2.05, 4.69) is 15.3 Å². The van der Waals surface area contributed by atoms with Crippen molar-refractivity contribution in [2.75, 3.05) is 5.32 Å². The van der Waals surface area contributed by atoms with Crippen LogP contribution < -0.4 is 5.32 Å². The van der Waals surface area contributed by atoms with Crippen molar-refractivity contribution in [2.24, 2.45) is 7.05 Å². The summed E-state index contributed by atoms with van der Waals surface area (Å²) >= 11 is 0. The Hall–Kier alpha value is -3.54. The van der Waals surface area contributed by atoms with E-state index in [-0.39, 0.29) is 11.7 Å². The number of nitrogens with zero attached hydrogens (tertiary/aromatic N) is 3. The molecule has 2 aromatic heterocycles. The van der Waals surface area contributed by atoms with Crippen LogP contribution >= 0.6 is 0 Å². The molecule has 146 valence electrons. The lowest BCUT2D eigenvalue weighted by molar-refractivity contribution is -0.116. The molecule has 4 aromatic rings. The van der Waals surface area contributed by atoms with Gasteiger partial charge in [-0.3, -0.25) is 9.78 Å². The van der Waals surface area contributed by atoms with Gasteiger partial charge in [0.1, 0.15) is 11.6 Å². The number of rotatable bonds is 5. The highest BCUT2D eigenvalue weighted by Gasteiger charge is 2.12. The zero-order valence-electron chi connectivity index (χ0n) is 16.3. The second-order valence-electron chi connectivity index (χ2n) is 7.07. The van der Waals surface area contributed by atoms with Gasteiger partial charge >= 0.3 is 0 Å². The van der Waals surface area contributed by atoms with Crippen molar-refractivity contribution in [2.45, 2.75) is 19.8 Å². The molecule has 0 saturated carbocycles. The maximum absolute atomic E-state index is 13.5. The number of aromatic nitrogens is 3. The lowest BCUT2D eigenvalue weighted by Gasteiger charge is -2.11. The van der Waals surface area contributed by atoms with Crippen LogP contribution in [0.1, 0.15) is 17.5 Å². The quantitative estimate of drug-likeness (QED) is 0.541. The Morgan fingerprint density at radius 1 is 1.17 bits per heavy atom. The largest absolute Gasteiger partial charge is 0.327 e. The number of fused-ring (bicyclic) bond motifs is 1. The Balaban J connectivity index is 1.51. The van der Waals surface area contributed by atoms with E-state index in [1.165, 1.54) is 12.1 Å². The summed E-state index contributed by atoms with van der Waals surface area (Å²) in [5.41, 5.74) is 5.15. The van der Waals surface area contributed by atoms with Gasteiger partial charge in [-0.15, -0.1) is 0 Å². The van der Waals surface area contributed by atoms with Crippen LogP contribution in [-0.2, 0) is 18.3 Å². The fourth-order valence-electron chi connectivity index (χ4n) is 3.39. The Morgan fingerprint density at radius 2 is 2.03 bits per heavy atom. The van der Waals surface area contributed by atoms with Crippen LogP contribution in [0.3, 0.4) is 0 Å². The molecule has 0 bridgehead atoms. The molecular formula is C23H21FN4O. The molecule has 0 aliphatic carbocycles. The molecule has 4 rings (SSSR count). The van der Waals surface area contributed by atoms with Crippen molar-refractivity contribution >= 4 is 22.6 Å². The lowest BCUT2D eigenvalue weighted by atomic mass is 10.1. The number of pyridine rings is 1. The molecule has 6 heteroatoms. The first-order chi connectivity index (χ1) is 14.0. The summed E-state index contributed by atoms with van der Waals surface area (Å²) < 4.78 is 15.4. The van der Waals surface area contributed by atoms with Gasteiger partial charge in [0, 0.05) is 43.2 Å². The summed E-state index contributed by atoms with van der Waals surface area (Å²) in [6, 6.07) is 14.2. The van der Waals surface area contributed by atoms with E-state index in [0.717, 1.165) is 33.7 Å². The molecule has 1 amide bonds. The van der Waals surface area contributed by atoms with Crippen LogP contribution in [0.25, 0.3) is 22.4 Å². The predicted octanol–water partition coefficient (Wildman–Crippen LogP) is 4.65. The van der Waals surface area contributed by atoms with Crippen LogP contribution in [-0.4, -0.2) is 20.4 Å². The average Bonchev–Trinajstić information content (AvgIpc) is 3.04. The number of aryl methyl sites for hydroxylation is 3. The molecule has 0 unspecified atom stereocenters. The average molecular weight is 388 g/mol. The van der Waals surface area contributed by atoms with E-state index >= 15 is 0 Å². The number of nitrogens with one attached hydrogen (secondary N) is 1. The number of hydrogen-bond donors (Lipinski definition) is 1. The highest BCUT2D eigenvalue weighted by molar-refractivity contribution is 5.92. The maximum Gasteiger partial charge on any atom is 0.224 e. The number of benzene rings is 2. The van der Waals surface area contributed by atoms with Crippen LogP contribution in [0, 0.1) is 12.7 Å². The van der Waals surface area contributed by atoms with E-state index in [9.17, 15) is 9.18 Å². The number of hydrogen-bond acceptors (Lipinski definition) is 3. The number of amides is 1. The summed E-state index contributed by atoms with van der Waals surface area (Å²) in [6.07, 6.45) is 4.53. The minimum atomic E-state index is -0.303. The van der Waals surface area contributed by atoms with Gasteiger partial charge in [0.15, 0.2) is 0 Å². The van der Waals surface area contributed by atoms with Gasteiger partial charge in [-0.05, 0) is 60.9 Å². The molecule has 2 heterocycles. The predicted molar refractivity (Wildman–Crippen MR) is 112 cm³/mol. The van der Waals surface area contributed by atoms with E-state index in [0.29, 0.717) is 18.4 Å². The molecule has 0 aliphatic rings. The molecule has 0 spiro atoms. The Labute approximate surface area is 168 Å². The van der Waals surface area contributed by atoms with Crippen molar-refractivity contribution in [1.82, 2.24) is 14.5 Å². The highest BCUT2D eigenvalue weighted by Crippen LogP contribution is 2.27. The first-order valence-corrected chi connectivity index (χ1v) is 9.43. The molecule has 0 fully saturated rings. The minimum Gasteiger partial charge on any atom is -0.327 e. The van der Waals surface area contributed by atoms with Gasteiger partial charge in [0.05, 0.1) is 11.0 Å². The summed E-state index contributed by atoms with van der Waals surface area (Å²) in [5, 5.41) is 2.97. The molecule has 2 aromatic carbocycles. The number of carbonyl (C=O) groups excluding carboxylic acids is 1. The van der Waals surface area contributed by atoms with Crippen molar-refractivity contribution in [1.29, 1.82) is 0 Å². The number of anilines is 1. The zero-order chi connectivity index (χ0) is 20.4. The van der Waals surface area contributed by atoms with Crippen LogP contribution in [0.5, 0.6) is 0 Å². The van der Waals surface area contributed by atoms with Gasteiger partial charge in [0.25, 0.3) is 0 Å². The Bertz CT molecular complexity index is 1180. The minimum absolute atomic E-state index is 0.0390. The van der Waals surface area contributed by atoms with E-state index in [4.69, 9.17) is 0 Å². The number of halogens is 1. The van der Waals surface area contributed by atoms with Gasteiger partial charge in [-0.1, -0.05) is 6.07 Å². The monoisotopic (exact) mass is 388 g/mol. The smallest absolute Gasteiger partial charge is 0.224 e. The molecule has 0 radical (unpaired) electrons. The first-order valence-electron chi connectivity index (χ1n) is 9.43. The third-order valence-corrected chi connectivity index (χ3v) is 4.97. The van der Waals surface area contributed by atoms with Crippen molar-refractivity contribution in [3.8, 4) is 11.4 Å². The second-order valence-corrected chi connectivity index (χ2v) is 7.07. The SMILES string of the molecule is Cc1cc(-c2nc3cc(F)ccc3n2C)ccc1NC(=O)CCc1cccnc1. The van der Waals surface area contributed by atoms with Gasteiger partial charge < -0.3 is 9.88 Å². The van der Waals surface area contributed by atoms with Crippen LogP contribution in [0.4, 0.5) is 10.1 Å². The molecule has 1 N–H and O–H groups in total. The molecule has 0 atom stereocenters. The number of imidazole rings is 1. The lowest BCUT2D eigenvalue weighted by Crippen LogP contribution is -2.13. The fraction of sp³-hybridized carbons (Fsp3) is 0.174. The fourth-order valence-corrected chi connectivity index (χ4v) is 3.39. The van der Waals surface area contributed by atoms with E-state index in [1.54, 1.807) is 18.5 Å². The molecule has 0 saturated heterocycles. The van der Waals surface area contributed by atoms with Gasteiger partial charge in [-0.2, -0.15) is 0 Å². The molecule has 29 heavy (non-hydrogen) atoms. The Morgan fingerprint density at radius 3 is 2.79 bits per heavy atom. The van der Waals surface area contributed by atoms with E-state index < -0.39 is 0 Å². The Kier molecular flexibility index (Phi) is 5.08. The van der Waals surface area contributed by atoms with Gasteiger partial charge in [0.2, 0.25) is 5.91 Å². The van der Waals surface area contributed by atoms with Crippen LogP contribution in [0.15, 0.2) is 60.9 Å². The van der Waals surface area contributed by atoms with E-state index in [1.807, 2.05) is 48.9 Å². The van der Waals surface area contributed by atoms with Crippen molar-refractivity contribution in [3.63, 3.8) is 0 Å². The first kappa shape index (κ1) is 18.8. The zero-order valence-corrected chi connectivity index (χ0v) is 16.3. The molecule has 5 nitrogen and oxygen atoms in total. The summed E-state index contributed by atoms with van der Waals surface area (Å²) in [5.74, 6) is 0.411. The summed E-state index contributed by atoms with van der Waals surface area (Å²) in [7, 11) is 1.91. The topological polar surface area (TPSA) is 59.8 Å². The standard InChI is InChI=1S/C23H21FN4O/c1-15-12-17(23-27-20-13-18(24)7-9-21(20)28(23)2)6-8-19(15)26-22(29)10-5-16-4-3-11-25-14-16/h3-4,6-9,11-14H,5,10H2,1-2H3,(H,26,29). The number of carbonyl (C=O) groups is 1. The van der Waals surface area contributed by atoms with Gasteiger partial charge in [-0.25, -0.2) is 9.37 Å². The van der Waals surface area contributed by atoms with Crippen LogP contribution in [0.2, 0.25) is 0 Å². The van der Waals surface area contributed by atoms with Crippen molar-refractivity contribution < 1.29 is 9.18 Å². The third-order valence-electron chi connectivity index (χ3n) is 4.97.